The molecule has 3 atom stereocenters. The van der Waals surface area contributed by atoms with Crippen LogP contribution in [-0.4, -0.2) is 41.7 Å². The minimum atomic E-state index is -0.533. The van der Waals surface area contributed by atoms with Crippen LogP contribution in [-0.2, 0) is 9.53 Å². The average Bonchev–Trinajstić information content (AvgIpc) is 2.95. The van der Waals surface area contributed by atoms with E-state index in [1.54, 1.807) is 17.0 Å². The third kappa shape index (κ3) is 3.12. The van der Waals surface area contributed by atoms with Crippen LogP contribution in [0.1, 0.15) is 30.9 Å². The Labute approximate surface area is 133 Å². The number of aliphatic hydroxyl groups excluding tert-OH is 1. The predicted octanol–water partition coefficient (Wildman–Crippen LogP) is 2.54. The Bertz CT molecular complexity index is 568. The lowest BCUT2D eigenvalue weighted by Crippen LogP contribution is -2.46. The molecule has 1 aliphatic carbocycles. The zero-order valence-corrected chi connectivity index (χ0v) is 12.9. The minimum Gasteiger partial charge on any atom is -0.392 e. The molecule has 1 heterocycles. The Morgan fingerprint density at radius 1 is 1.41 bits per heavy atom. The van der Waals surface area contributed by atoms with Gasteiger partial charge in [-0.25, -0.2) is 4.39 Å². The highest BCUT2D eigenvalue weighted by molar-refractivity contribution is 6.30. The SMILES string of the molecule is O=C(C1CCCC1O)N1CCOC(c2ccc(F)c(Cl)c2)C1. The van der Waals surface area contributed by atoms with Crippen molar-refractivity contribution in [1.82, 2.24) is 4.90 Å². The Morgan fingerprint density at radius 2 is 2.23 bits per heavy atom. The number of aliphatic hydroxyl groups is 1. The lowest BCUT2D eigenvalue weighted by atomic mass is 10.0. The Balaban J connectivity index is 1.71. The second-order valence-electron chi connectivity index (χ2n) is 5.92. The summed E-state index contributed by atoms with van der Waals surface area (Å²) in [6.07, 6.45) is 1.48. The fourth-order valence-electron chi connectivity index (χ4n) is 3.23. The van der Waals surface area contributed by atoms with Crippen LogP contribution in [0.5, 0.6) is 0 Å². The molecule has 1 aromatic rings. The van der Waals surface area contributed by atoms with Gasteiger partial charge in [0.05, 0.1) is 30.2 Å². The number of hydrogen-bond donors (Lipinski definition) is 1. The molecule has 1 aromatic carbocycles. The van der Waals surface area contributed by atoms with Crippen molar-refractivity contribution in [2.45, 2.75) is 31.5 Å². The number of halogens is 2. The van der Waals surface area contributed by atoms with Crippen molar-refractivity contribution in [3.8, 4) is 0 Å². The number of rotatable bonds is 2. The van der Waals surface area contributed by atoms with Gasteiger partial charge in [-0.1, -0.05) is 17.7 Å². The second kappa shape index (κ2) is 6.52. The maximum Gasteiger partial charge on any atom is 0.228 e. The number of carbonyl (C=O) groups excluding carboxylic acids is 1. The van der Waals surface area contributed by atoms with Crippen LogP contribution in [0.4, 0.5) is 4.39 Å². The molecule has 0 spiro atoms. The van der Waals surface area contributed by atoms with Crippen LogP contribution in [0.3, 0.4) is 0 Å². The molecular weight excluding hydrogens is 309 g/mol. The van der Waals surface area contributed by atoms with E-state index in [0.717, 1.165) is 18.4 Å². The molecule has 1 amide bonds. The number of hydrogen-bond acceptors (Lipinski definition) is 3. The molecule has 0 radical (unpaired) electrons. The van der Waals surface area contributed by atoms with Crippen molar-refractivity contribution >= 4 is 17.5 Å². The van der Waals surface area contributed by atoms with E-state index in [-0.39, 0.29) is 23.0 Å². The van der Waals surface area contributed by atoms with Crippen LogP contribution in [0.2, 0.25) is 5.02 Å². The lowest BCUT2D eigenvalue weighted by molar-refractivity contribution is -0.146. The zero-order chi connectivity index (χ0) is 15.7. The molecule has 1 saturated heterocycles. The summed E-state index contributed by atoms with van der Waals surface area (Å²) in [5.41, 5.74) is 0.760. The van der Waals surface area contributed by atoms with Gasteiger partial charge in [-0.15, -0.1) is 0 Å². The molecule has 0 aromatic heterocycles. The van der Waals surface area contributed by atoms with Gasteiger partial charge in [0, 0.05) is 6.54 Å². The summed E-state index contributed by atoms with van der Waals surface area (Å²) in [6.45, 7) is 1.35. The van der Waals surface area contributed by atoms with Gasteiger partial charge in [-0.3, -0.25) is 4.79 Å². The van der Waals surface area contributed by atoms with Gasteiger partial charge in [0.2, 0.25) is 5.91 Å². The van der Waals surface area contributed by atoms with Crippen molar-refractivity contribution in [2.24, 2.45) is 5.92 Å². The normalized spacial score (nSPS) is 28.9. The maximum absolute atomic E-state index is 13.3. The van der Waals surface area contributed by atoms with E-state index in [4.69, 9.17) is 16.3 Å². The number of nitrogens with zero attached hydrogens (tertiary/aromatic N) is 1. The van der Waals surface area contributed by atoms with Crippen molar-refractivity contribution in [3.05, 3.63) is 34.6 Å². The standard InChI is InChI=1S/C16H19ClFNO3/c17-12-8-10(4-5-13(12)18)15-9-19(6-7-22-15)16(21)11-2-1-3-14(11)20/h4-5,8,11,14-15,20H,1-3,6-7,9H2. The minimum absolute atomic E-state index is 0.00786. The van der Waals surface area contributed by atoms with Crippen LogP contribution < -0.4 is 0 Å². The fraction of sp³-hybridized carbons (Fsp3) is 0.562. The van der Waals surface area contributed by atoms with E-state index in [1.807, 2.05) is 0 Å². The number of ether oxygens (including phenoxy) is 1. The molecule has 3 unspecified atom stereocenters. The summed E-state index contributed by atoms with van der Waals surface area (Å²) in [5.74, 6) is -0.773. The molecule has 3 rings (SSSR count). The van der Waals surface area contributed by atoms with Gasteiger partial charge < -0.3 is 14.7 Å². The fourth-order valence-corrected chi connectivity index (χ4v) is 3.42. The lowest BCUT2D eigenvalue weighted by Gasteiger charge is -2.35. The summed E-state index contributed by atoms with van der Waals surface area (Å²) < 4.78 is 18.9. The smallest absolute Gasteiger partial charge is 0.228 e. The molecule has 120 valence electrons. The summed E-state index contributed by atoms with van der Waals surface area (Å²) in [4.78, 5) is 14.3. The topological polar surface area (TPSA) is 49.8 Å². The van der Waals surface area contributed by atoms with Crippen molar-refractivity contribution in [2.75, 3.05) is 19.7 Å². The van der Waals surface area contributed by atoms with Crippen LogP contribution in [0.25, 0.3) is 0 Å². The number of benzene rings is 1. The highest BCUT2D eigenvalue weighted by Crippen LogP contribution is 2.30. The van der Waals surface area contributed by atoms with Gasteiger partial charge in [0.25, 0.3) is 0 Å². The molecule has 2 aliphatic rings. The largest absolute Gasteiger partial charge is 0.392 e. The third-order valence-electron chi connectivity index (χ3n) is 4.49. The van der Waals surface area contributed by atoms with E-state index in [2.05, 4.69) is 0 Å². The monoisotopic (exact) mass is 327 g/mol. The number of carbonyl (C=O) groups is 1. The molecule has 1 saturated carbocycles. The Kier molecular flexibility index (Phi) is 4.66. The van der Waals surface area contributed by atoms with Crippen LogP contribution in [0, 0.1) is 11.7 Å². The van der Waals surface area contributed by atoms with Gasteiger partial charge in [0.15, 0.2) is 0 Å². The Hall–Kier alpha value is -1.17. The van der Waals surface area contributed by atoms with Crippen LogP contribution in [0.15, 0.2) is 18.2 Å². The molecule has 0 bridgehead atoms. The summed E-state index contributed by atoms with van der Waals surface area (Å²) in [7, 11) is 0. The van der Waals surface area contributed by atoms with Gasteiger partial charge >= 0.3 is 0 Å². The van der Waals surface area contributed by atoms with E-state index in [1.165, 1.54) is 6.07 Å². The zero-order valence-electron chi connectivity index (χ0n) is 12.2. The Morgan fingerprint density at radius 3 is 2.91 bits per heavy atom. The van der Waals surface area contributed by atoms with E-state index in [0.29, 0.717) is 26.1 Å². The van der Waals surface area contributed by atoms with Crippen LogP contribution >= 0.6 is 11.6 Å². The summed E-state index contributed by atoms with van der Waals surface area (Å²) in [5, 5.41) is 9.95. The van der Waals surface area contributed by atoms with Gasteiger partial charge in [0.1, 0.15) is 11.9 Å². The van der Waals surface area contributed by atoms with Gasteiger partial charge in [-0.05, 0) is 37.0 Å². The molecule has 2 fully saturated rings. The molecule has 1 N–H and O–H groups in total. The average molecular weight is 328 g/mol. The van der Waals surface area contributed by atoms with Crippen molar-refractivity contribution < 1.29 is 19.0 Å². The highest BCUT2D eigenvalue weighted by Gasteiger charge is 2.36. The molecular formula is C16H19ClFNO3. The number of amides is 1. The van der Waals surface area contributed by atoms with Gasteiger partial charge in [-0.2, -0.15) is 0 Å². The second-order valence-corrected chi connectivity index (χ2v) is 6.33. The summed E-state index contributed by atoms with van der Waals surface area (Å²) >= 11 is 5.81. The highest BCUT2D eigenvalue weighted by atomic mass is 35.5. The molecule has 6 heteroatoms. The first-order valence-corrected chi connectivity index (χ1v) is 7.97. The molecule has 22 heavy (non-hydrogen) atoms. The van der Waals surface area contributed by atoms with Crippen molar-refractivity contribution in [1.29, 1.82) is 0 Å². The quantitative estimate of drug-likeness (QED) is 0.908. The maximum atomic E-state index is 13.3. The predicted molar refractivity (Wildman–Crippen MR) is 80.0 cm³/mol. The first-order chi connectivity index (χ1) is 10.6. The summed E-state index contributed by atoms with van der Waals surface area (Å²) in [6, 6.07) is 4.48. The first kappa shape index (κ1) is 15.7. The molecule has 1 aliphatic heterocycles. The first-order valence-electron chi connectivity index (χ1n) is 7.59. The van der Waals surface area contributed by atoms with Crippen molar-refractivity contribution in [3.63, 3.8) is 0 Å². The van der Waals surface area contributed by atoms with E-state index in [9.17, 15) is 14.3 Å². The molecule has 4 nitrogen and oxygen atoms in total. The number of morpholine rings is 1. The van der Waals surface area contributed by atoms with E-state index < -0.39 is 11.9 Å². The van der Waals surface area contributed by atoms with E-state index >= 15 is 0 Å². The third-order valence-corrected chi connectivity index (χ3v) is 4.78.